The van der Waals surface area contributed by atoms with Gasteiger partial charge in [0.2, 0.25) is 0 Å². The van der Waals surface area contributed by atoms with Crippen LogP contribution in [0.2, 0.25) is 0 Å². The van der Waals surface area contributed by atoms with Crippen LogP contribution in [-0.2, 0) is 20.3 Å². The van der Waals surface area contributed by atoms with Crippen LogP contribution in [0, 0.1) is 11.3 Å². The SMILES string of the molecule is COC(=O)[C@H]1[C@H](S(=O)c2ccccc2)C1(C)C. The van der Waals surface area contributed by atoms with Crippen molar-refractivity contribution in [3.8, 4) is 0 Å². The molecule has 0 amide bonds. The van der Waals surface area contributed by atoms with Crippen LogP contribution in [0.3, 0.4) is 0 Å². The van der Waals surface area contributed by atoms with Crippen LogP contribution in [0.5, 0.6) is 0 Å². The molecule has 0 aromatic heterocycles. The Morgan fingerprint density at radius 1 is 1.29 bits per heavy atom. The molecule has 1 unspecified atom stereocenters. The molecule has 92 valence electrons. The van der Waals surface area contributed by atoms with Gasteiger partial charge in [0.05, 0.1) is 29.1 Å². The quantitative estimate of drug-likeness (QED) is 0.773. The first kappa shape index (κ1) is 12.3. The van der Waals surface area contributed by atoms with Gasteiger partial charge in [-0.2, -0.15) is 0 Å². The highest BCUT2D eigenvalue weighted by Gasteiger charge is 2.65. The molecule has 3 atom stereocenters. The van der Waals surface area contributed by atoms with Gasteiger partial charge in [-0.15, -0.1) is 0 Å². The van der Waals surface area contributed by atoms with Crippen molar-refractivity contribution in [2.75, 3.05) is 7.11 Å². The Kier molecular flexibility index (Phi) is 3.08. The zero-order valence-corrected chi connectivity index (χ0v) is 11.0. The summed E-state index contributed by atoms with van der Waals surface area (Å²) in [5.74, 6) is -0.516. The van der Waals surface area contributed by atoms with Crippen molar-refractivity contribution >= 4 is 16.8 Å². The fourth-order valence-electron chi connectivity index (χ4n) is 2.25. The van der Waals surface area contributed by atoms with E-state index in [0.717, 1.165) is 4.90 Å². The number of carbonyl (C=O) groups excluding carboxylic acids is 1. The highest BCUT2D eigenvalue weighted by molar-refractivity contribution is 7.86. The predicted molar refractivity (Wildman–Crippen MR) is 65.9 cm³/mol. The Hall–Kier alpha value is -1.16. The number of carbonyl (C=O) groups is 1. The van der Waals surface area contributed by atoms with Crippen molar-refractivity contribution in [3.05, 3.63) is 30.3 Å². The Morgan fingerprint density at radius 2 is 1.88 bits per heavy atom. The Bertz CT molecular complexity index is 453. The molecular weight excluding hydrogens is 236 g/mol. The van der Waals surface area contributed by atoms with Gasteiger partial charge in [0.1, 0.15) is 0 Å². The summed E-state index contributed by atoms with van der Waals surface area (Å²) in [5, 5.41) is -0.141. The molecule has 3 nitrogen and oxygen atoms in total. The molecule has 0 saturated heterocycles. The summed E-state index contributed by atoms with van der Waals surface area (Å²) in [6.07, 6.45) is 0. The van der Waals surface area contributed by atoms with E-state index < -0.39 is 10.8 Å². The Labute approximate surface area is 104 Å². The zero-order chi connectivity index (χ0) is 12.6. The minimum absolute atomic E-state index is 0.141. The van der Waals surface area contributed by atoms with E-state index in [2.05, 4.69) is 0 Å². The average molecular weight is 252 g/mol. The van der Waals surface area contributed by atoms with Crippen molar-refractivity contribution in [1.82, 2.24) is 0 Å². The monoisotopic (exact) mass is 252 g/mol. The average Bonchev–Trinajstić information content (AvgIpc) is 2.91. The summed E-state index contributed by atoms with van der Waals surface area (Å²) in [6.45, 7) is 3.92. The Balaban J connectivity index is 2.21. The van der Waals surface area contributed by atoms with E-state index in [-0.39, 0.29) is 22.6 Å². The molecule has 0 spiro atoms. The summed E-state index contributed by atoms with van der Waals surface area (Å²) >= 11 is 0. The second-order valence-corrected chi connectivity index (χ2v) is 6.43. The third-order valence-corrected chi connectivity index (χ3v) is 5.47. The summed E-state index contributed by atoms with van der Waals surface area (Å²) < 4.78 is 17.1. The van der Waals surface area contributed by atoms with Gasteiger partial charge in [-0.05, 0) is 17.5 Å². The standard InChI is InChI=1S/C13H16O3S/c1-13(2)10(12(14)16-3)11(13)17(15)9-7-5-4-6-8-9/h4-8,10-11H,1-3H3/t10-,11+,17?/m1/s1. The lowest BCUT2D eigenvalue weighted by atomic mass is 10.1. The minimum Gasteiger partial charge on any atom is -0.469 e. The van der Waals surface area contributed by atoms with Crippen LogP contribution in [0.15, 0.2) is 35.2 Å². The summed E-state index contributed by atoms with van der Waals surface area (Å²) in [6, 6.07) is 9.26. The number of rotatable bonds is 3. The predicted octanol–water partition coefficient (Wildman–Crippen LogP) is 1.99. The van der Waals surface area contributed by atoms with Crippen molar-refractivity contribution in [1.29, 1.82) is 0 Å². The molecule has 0 bridgehead atoms. The van der Waals surface area contributed by atoms with Gasteiger partial charge in [-0.3, -0.25) is 9.00 Å². The van der Waals surface area contributed by atoms with E-state index in [1.54, 1.807) is 0 Å². The van der Waals surface area contributed by atoms with Crippen molar-refractivity contribution in [3.63, 3.8) is 0 Å². The molecule has 1 aromatic carbocycles. The minimum atomic E-state index is -1.15. The van der Waals surface area contributed by atoms with Crippen molar-refractivity contribution in [2.24, 2.45) is 11.3 Å². The van der Waals surface area contributed by atoms with E-state index in [1.165, 1.54) is 7.11 Å². The molecule has 0 radical (unpaired) electrons. The largest absolute Gasteiger partial charge is 0.469 e. The van der Waals surface area contributed by atoms with E-state index in [0.29, 0.717) is 0 Å². The van der Waals surface area contributed by atoms with Crippen LogP contribution in [0.1, 0.15) is 13.8 Å². The van der Waals surface area contributed by atoms with Gasteiger partial charge in [0.25, 0.3) is 0 Å². The van der Waals surface area contributed by atoms with E-state index in [4.69, 9.17) is 4.74 Å². The maximum Gasteiger partial charge on any atom is 0.310 e. The topological polar surface area (TPSA) is 43.4 Å². The van der Waals surface area contributed by atoms with Crippen molar-refractivity contribution in [2.45, 2.75) is 24.0 Å². The third-order valence-electron chi connectivity index (χ3n) is 3.39. The highest BCUT2D eigenvalue weighted by Crippen LogP contribution is 2.56. The maximum absolute atomic E-state index is 12.4. The smallest absolute Gasteiger partial charge is 0.310 e. The van der Waals surface area contributed by atoms with Gasteiger partial charge in [-0.1, -0.05) is 32.0 Å². The number of methoxy groups -OCH3 is 1. The first-order valence-electron chi connectivity index (χ1n) is 5.53. The number of esters is 1. The van der Waals surface area contributed by atoms with Gasteiger partial charge in [-0.25, -0.2) is 0 Å². The molecule has 2 rings (SSSR count). The lowest BCUT2D eigenvalue weighted by Gasteiger charge is -2.02. The second kappa shape index (κ2) is 4.26. The van der Waals surface area contributed by atoms with Gasteiger partial charge < -0.3 is 4.74 Å². The number of benzene rings is 1. The van der Waals surface area contributed by atoms with Gasteiger partial charge in [0, 0.05) is 4.90 Å². The maximum atomic E-state index is 12.4. The zero-order valence-electron chi connectivity index (χ0n) is 10.2. The lowest BCUT2D eigenvalue weighted by Crippen LogP contribution is -2.09. The van der Waals surface area contributed by atoms with Gasteiger partial charge in [0.15, 0.2) is 0 Å². The first-order chi connectivity index (χ1) is 8.00. The molecule has 1 fully saturated rings. The molecule has 1 aliphatic carbocycles. The highest BCUT2D eigenvalue weighted by atomic mass is 32.2. The molecule has 0 aliphatic heterocycles. The molecule has 17 heavy (non-hydrogen) atoms. The summed E-state index contributed by atoms with van der Waals surface area (Å²) in [5.41, 5.74) is -0.242. The molecule has 4 heteroatoms. The number of hydrogen-bond acceptors (Lipinski definition) is 3. The second-order valence-electron chi connectivity index (χ2n) is 4.85. The normalized spacial score (nSPS) is 27.2. The number of ether oxygens (including phenoxy) is 1. The van der Waals surface area contributed by atoms with E-state index in [1.807, 2.05) is 44.2 Å². The molecular formula is C13H16O3S. The fraction of sp³-hybridized carbons (Fsp3) is 0.462. The van der Waals surface area contributed by atoms with E-state index >= 15 is 0 Å². The number of hydrogen-bond donors (Lipinski definition) is 0. The van der Waals surface area contributed by atoms with Crippen molar-refractivity contribution < 1.29 is 13.7 Å². The van der Waals surface area contributed by atoms with Crippen LogP contribution in [0.4, 0.5) is 0 Å². The van der Waals surface area contributed by atoms with Gasteiger partial charge >= 0.3 is 5.97 Å². The van der Waals surface area contributed by atoms with Crippen LogP contribution in [-0.4, -0.2) is 22.5 Å². The van der Waals surface area contributed by atoms with Crippen LogP contribution < -0.4 is 0 Å². The molecule has 1 aromatic rings. The molecule has 1 aliphatic rings. The summed E-state index contributed by atoms with van der Waals surface area (Å²) in [4.78, 5) is 12.4. The molecule has 0 N–H and O–H groups in total. The van der Waals surface area contributed by atoms with E-state index in [9.17, 15) is 9.00 Å². The van der Waals surface area contributed by atoms with Crippen LogP contribution >= 0.6 is 0 Å². The fourth-order valence-corrected chi connectivity index (χ4v) is 4.29. The third kappa shape index (κ3) is 2.02. The Morgan fingerprint density at radius 3 is 2.41 bits per heavy atom. The lowest BCUT2D eigenvalue weighted by molar-refractivity contribution is -0.142. The first-order valence-corrected chi connectivity index (χ1v) is 6.75. The van der Waals surface area contributed by atoms with Crippen LogP contribution in [0.25, 0.3) is 0 Å². The molecule has 0 heterocycles. The molecule has 1 saturated carbocycles. The summed E-state index contributed by atoms with van der Waals surface area (Å²) in [7, 11) is 0.228.